The number of benzene rings is 3. The maximum atomic E-state index is 12.3. The highest BCUT2D eigenvalue weighted by molar-refractivity contribution is 6.33. The Morgan fingerprint density at radius 3 is 1.19 bits per heavy atom. The molecule has 0 aliphatic heterocycles. The summed E-state index contributed by atoms with van der Waals surface area (Å²) in [4.78, 5) is 0. The summed E-state index contributed by atoms with van der Waals surface area (Å²) in [6.07, 6.45) is -10.0. The van der Waals surface area contributed by atoms with Crippen molar-refractivity contribution in [2.75, 3.05) is 11.5 Å². The van der Waals surface area contributed by atoms with Gasteiger partial charge in [0.25, 0.3) is 0 Å². The molecule has 6 N–H and O–H groups in total. The van der Waals surface area contributed by atoms with Crippen LogP contribution in [0, 0.1) is 0 Å². The van der Waals surface area contributed by atoms with E-state index in [1.165, 1.54) is 0 Å². The zero-order valence-corrected chi connectivity index (χ0v) is 16.3. The van der Waals surface area contributed by atoms with Gasteiger partial charge in [-0.1, -0.05) is 36.4 Å². The van der Waals surface area contributed by atoms with Gasteiger partial charge in [-0.2, -0.15) is 26.3 Å². The van der Waals surface area contributed by atoms with E-state index in [9.17, 15) is 26.3 Å². The molecule has 3 aromatic rings. The molecule has 3 aromatic carbocycles. The first-order chi connectivity index (χ1) is 14.8. The second-order valence-corrected chi connectivity index (χ2v) is 6.01. The highest BCUT2D eigenvalue weighted by Gasteiger charge is 2.37. The summed E-state index contributed by atoms with van der Waals surface area (Å²) >= 11 is 0. The number of hydrogen-bond donors (Lipinski definition) is 4. The minimum absolute atomic E-state index is 0.101. The number of rotatable bonds is 2. The quantitative estimate of drug-likeness (QED) is 0.254. The van der Waals surface area contributed by atoms with Gasteiger partial charge in [0.1, 0.15) is 5.75 Å². The van der Waals surface area contributed by atoms with Crippen LogP contribution in [-0.2, 0) is 12.4 Å². The van der Waals surface area contributed by atoms with Crippen LogP contribution in [0.5, 0.6) is 5.75 Å². The highest BCUT2D eigenvalue weighted by atomic mass is 19.4. The number of halogens is 6. The van der Waals surface area contributed by atoms with E-state index in [2.05, 4.69) is 4.65 Å². The van der Waals surface area contributed by atoms with E-state index >= 15 is 0 Å². The third-order valence-electron chi connectivity index (χ3n) is 3.40. The molecule has 0 amide bonds. The number of para-hydroxylation sites is 2. The first kappa shape index (κ1) is 26.7. The molecule has 0 spiro atoms. The number of anilines is 2. The lowest BCUT2D eigenvalue weighted by Crippen LogP contribution is -2.21. The number of hydrogen-bond acceptors (Lipinski definition) is 5. The van der Waals surface area contributed by atoms with Gasteiger partial charge in [0, 0.05) is 11.4 Å². The van der Waals surface area contributed by atoms with E-state index in [1.54, 1.807) is 0 Å². The highest BCUT2D eigenvalue weighted by Crippen LogP contribution is 2.38. The van der Waals surface area contributed by atoms with E-state index < -0.39 is 36.6 Å². The Labute approximate surface area is 180 Å². The average Bonchev–Trinajstić information content (AvgIpc) is 2.68. The number of nitrogens with two attached hydrogens (primary N) is 2. The molecule has 0 unspecified atom stereocenters. The summed E-state index contributed by atoms with van der Waals surface area (Å²) in [5, 5.41) is 16.7. The topological polar surface area (TPSA) is 102 Å². The lowest BCUT2D eigenvalue weighted by atomic mass is 10.1. The van der Waals surface area contributed by atoms with Crippen molar-refractivity contribution in [2.45, 2.75) is 12.4 Å². The minimum Gasteiger partial charge on any atom is -0.512 e. The summed E-state index contributed by atoms with van der Waals surface area (Å²) in [5.41, 5.74) is 9.15. The summed E-state index contributed by atoms with van der Waals surface area (Å²) in [6.45, 7) is 0. The van der Waals surface area contributed by atoms with Crippen LogP contribution in [0.25, 0.3) is 0 Å². The van der Waals surface area contributed by atoms with Crippen LogP contribution in [0.15, 0.2) is 78.9 Å². The molecular formula is C20H19BF6N2O3. The van der Waals surface area contributed by atoms with E-state index in [0.29, 0.717) is 0 Å². The van der Waals surface area contributed by atoms with Crippen LogP contribution >= 0.6 is 0 Å². The van der Waals surface area contributed by atoms with Gasteiger partial charge in [-0.05, 0) is 42.5 Å². The SMILES string of the molecule is Nc1ccccc1.Nc1ccccc1.OB(O)Oc1cc(C(F)(F)F)cc(C(F)(F)F)c1. The van der Waals surface area contributed by atoms with Crippen LogP contribution in [0.4, 0.5) is 37.7 Å². The molecule has 12 heteroatoms. The monoisotopic (exact) mass is 460 g/mol. The Balaban J connectivity index is 0.000000295. The van der Waals surface area contributed by atoms with Gasteiger partial charge < -0.3 is 26.2 Å². The number of alkyl halides is 6. The van der Waals surface area contributed by atoms with Crippen LogP contribution in [0.1, 0.15) is 11.1 Å². The van der Waals surface area contributed by atoms with Crippen LogP contribution in [0.3, 0.4) is 0 Å². The molecule has 0 aromatic heterocycles. The maximum Gasteiger partial charge on any atom is 0.707 e. The van der Waals surface area contributed by atoms with Gasteiger partial charge in [0.15, 0.2) is 0 Å². The van der Waals surface area contributed by atoms with Crippen LogP contribution in [-0.4, -0.2) is 17.4 Å². The lowest BCUT2D eigenvalue weighted by molar-refractivity contribution is -0.143. The van der Waals surface area contributed by atoms with Gasteiger partial charge in [-0.3, -0.25) is 0 Å². The number of nitrogen functional groups attached to an aromatic ring is 2. The third kappa shape index (κ3) is 10.6. The molecule has 0 fully saturated rings. The summed E-state index contributed by atoms with van der Waals surface area (Å²) in [6, 6.07) is 19.3. The normalized spacial score (nSPS) is 10.8. The van der Waals surface area contributed by atoms with Crippen molar-refractivity contribution in [3.8, 4) is 5.75 Å². The fourth-order valence-corrected chi connectivity index (χ4v) is 2.02. The van der Waals surface area contributed by atoms with E-state index in [4.69, 9.17) is 21.5 Å². The predicted molar refractivity (Wildman–Crippen MR) is 109 cm³/mol. The Hall–Kier alpha value is -3.38. The molecule has 5 nitrogen and oxygen atoms in total. The van der Waals surface area contributed by atoms with Gasteiger partial charge in [-0.25, -0.2) is 0 Å². The Morgan fingerprint density at radius 2 is 0.969 bits per heavy atom. The molecule has 32 heavy (non-hydrogen) atoms. The largest absolute Gasteiger partial charge is 0.707 e. The zero-order valence-electron chi connectivity index (χ0n) is 16.3. The molecular weight excluding hydrogens is 441 g/mol. The summed E-state index contributed by atoms with van der Waals surface area (Å²) in [7, 11) is -2.52. The molecule has 3 rings (SSSR count). The maximum absolute atomic E-state index is 12.3. The molecule has 0 atom stereocenters. The standard InChI is InChI=1S/C8H5BF6O3.2C6H7N/c10-7(11,12)4-1-5(8(13,14)15)3-6(2-4)18-9(16)17;2*7-6-4-2-1-3-5-6/h1-3,16-17H;2*1-5H,7H2. The molecule has 0 aliphatic carbocycles. The van der Waals surface area contributed by atoms with Crippen molar-refractivity contribution in [3.05, 3.63) is 90.0 Å². The van der Waals surface area contributed by atoms with Gasteiger partial charge in [-0.15, -0.1) is 0 Å². The molecule has 0 aliphatic rings. The van der Waals surface area contributed by atoms with E-state index in [-0.39, 0.29) is 18.2 Å². The van der Waals surface area contributed by atoms with Crippen molar-refractivity contribution in [3.63, 3.8) is 0 Å². The average molecular weight is 460 g/mol. The molecule has 0 radical (unpaired) electrons. The van der Waals surface area contributed by atoms with Crippen molar-refractivity contribution in [1.29, 1.82) is 0 Å². The predicted octanol–water partition coefficient (Wildman–Crippen LogP) is 4.61. The van der Waals surface area contributed by atoms with Crippen molar-refractivity contribution < 1.29 is 41.0 Å². The Kier molecular flexibility index (Phi) is 9.89. The smallest absolute Gasteiger partial charge is 0.512 e. The molecule has 0 bridgehead atoms. The Morgan fingerprint density at radius 1 is 0.625 bits per heavy atom. The van der Waals surface area contributed by atoms with Crippen molar-refractivity contribution in [1.82, 2.24) is 0 Å². The second kappa shape index (κ2) is 11.9. The minimum atomic E-state index is -5.01. The lowest BCUT2D eigenvalue weighted by Gasteiger charge is -2.14. The fraction of sp³-hybridized carbons (Fsp3) is 0.100. The molecule has 0 saturated heterocycles. The summed E-state index contributed by atoms with van der Waals surface area (Å²) in [5.74, 6) is -0.952. The zero-order chi connectivity index (χ0) is 24.4. The second-order valence-electron chi connectivity index (χ2n) is 6.01. The first-order valence-electron chi connectivity index (χ1n) is 8.72. The van der Waals surface area contributed by atoms with Crippen LogP contribution in [0.2, 0.25) is 0 Å². The first-order valence-corrected chi connectivity index (χ1v) is 8.72. The molecule has 0 heterocycles. The third-order valence-corrected chi connectivity index (χ3v) is 3.40. The van der Waals surface area contributed by atoms with E-state index in [0.717, 1.165) is 11.4 Å². The van der Waals surface area contributed by atoms with E-state index in [1.807, 2.05) is 60.7 Å². The van der Waals surface area contributed by atoms with Crippen LogP contribution < -0.4 is 16.1 Å². The van der Waals surface area contributed by atoms with Crippen molar-refractivity contribution >= 4 is 18.7 Å². The van der Waals surface area contributed by atoms with Gasteiger partial charge in [0.05, 0.1) is 11.1 Å². The molecule has 0 saturated carbocycles. The van der Waals surface area contributed by atoms with Gasteiger partial charge in [0.2, 0.25) is 0 Å². The Bertz CT molecular complexity index is 870. The fourth-order valence-electron chi connectivity index (χ4n) is 2.02. The van der Waals surface area contributed by atoms with Gasteiger partial charge >= 0.3 is 19.7 Å². The van der Waals surface area contributed by atoms with Crippen molar-refractivity contribution in [2.24, 2.45) is 0 Å². The summed E-state index contributed by atoms with van der Waals surface area (Å²) < 4.78 is 78.0. The molecule has 172 valence electrons.